The molecule has 1 unspecified atom stereocenters. The van der Waals surface area contributed by atoms with Crippen LogP contribution in [0.25, 0.3) is 0 Å². The first kappa shape index (κ1) is 19.7. The summed E-state index contributed by atoms with van der Waals surface area (Å²) in [5.74, 6) is -0.570. The van der Waals surface area contributed by atoms with Gasteiger partial charge in [0.25, 0.3) is 5.91 Å². The van der Waals surface area contributed by atoms with E-state index >= 15 is 0 Å². The molecule has 2 aliphatic rings. The average molecular weight is 370 g/mol. The summed E-state index contributed by atoms with van der Waals surface area (Å²) in [6.45, 7) is 4.11. The van der Waals surface area contributed by atoms with Gasteiger partial charge in [-0.1, -0.05) is 56.7 Å². The molecule has 4 nitrogen and oxygen atoms in total. The zero-order valence-electron chi connectivity index (χ0n) is 16.5. The molecule has 1 aromatic rings. The van der Waals surface area contributed by atoms with Gasteiger partial charge in [0, 0.05) is 12.1 Å². The number of hydrogen-bond donors (Lipinski definition) is 1. The number of anilines is 1. The molecular formula is C23H31NO3. The van der Waals surface area contributed by atoms with Gasteiger partial charge in [-0.2, -0.15) is 0 Å². The Morgan fingerprint density at radius 3 is 2.41 bits per heavy atom. The van der Waals surface area contributed by atoms with E-state index in [0.29, 0.717) is 12.0 Å². The number of hydrogen-bond acceptors (Lipinski definition) is 3. The van der Waals surface area contributed by atoms with Gasteiger partial charge in [0.1, 0.15) is 0 Å². The van der Waals surface area contributed by atoms with Gasteiger partial charge >= 0.3 is 0 Å². The van der Waals surface area contributed by atoms with E-state index in [1.165, 1.54) is 6.42 Å². The second-order valence-electron chi connectivity index (χ2n) is 8.00. The summed E-state index contributed by atoms with van der Waals surface area (Å²) in [4.78, 5) is 27.6. The lowest BCUT2D eigenvalue weighted by Crippen LogP contribution is -2.42. The van der Waals surface area contributed by atoms with Crippen molar-refractivity contribution in [3.8, 4) is 0 Å². The molecule has 1 saturated carbocycles. The Hall–Kier alpha value is -2.10. The van der Waals surface area contributed by atoms with Crippen molar-refractivity contribution in [3.05, 3.63) is 41.2 Å². The van der Waals surface area contributed by atoms with Crippen molar-refractivity contribution in [3.63, 3.8) is 0 Å². The molecule has 1 heterocycles. The van der Waals surface area contributed by atoms with Gasteiger partial charge in [-0.05, 0) is 44.2 Å². The topological polar surface area (TPSA) is 57.6 Å². The van der Waals surface area contributed by atoms with Crippen molar-refractivity contribution < 1.29 is 14.7 Å². The number of rotatable bonds is 7. The quantitative estimate of drug-likeness (QED) is 0.668. The summed E-state index contributed by atoms with van der Waals surface area (Å²) in [6, 6.07) is 7.45. The van der Waals surface area contributed by atoms with Crippen molar-refractivity contribution in [1.29, 1.82) is 0 Å². The van der Waals surface area contributed by atoms with E-state index < -0.39 is 5.91 Å². The number of amides is 1. The molecule has 0 bridgehead atoms. The first-order chi connectivity index (χ1) is 13.0. The number of unbranched alkanes of at least 4 members (excludes halogenated alkanes) is 2. The number of nitrogens with zero attached hydrogens (tertiary/aromatic N) is 1. The third-order valence-corrected chi connectivity index (χ3v) is 5.97. The smallest absolute Gasteiger partial charge is 0.294 e. The number of benzene rings is 1. The molecule has 0 radical (unpaired) electrons. The maximum atomic E-state index is 13.0. The normalized spacial score (nSPS) is 21.2. The van der Waals surface area contributed by atoms with E-state index in [4.69, 9.17) is 0 Å². The highest BCUT2D eigenvalue weighted by atomic mass is 16.3. The van der Waals surface area contributed by atoms with Crippen LogP contribution in [0.4, 0.5) is 5.69 Å². The van der Waals surface area contributed by atoms with Crippen LogP contribution in [0.3, 0.4) is 0 Å². The standard InChI is InChI=1S/C23H31NO3/c1-3-4-6-11-19(25)20-21(17-9-7-5-8-10-17)24(23(27)22(20)26)18-14-12-16(2)13-15-18/h12-15,17,21,26H,3-11H2,1-2H3. The number of aliphatic hydroxyl groups is 1. The molecule has 3 rings (SSSR count). The highest BCUT2D eigenvalue weighted by Crippen LogP contribution is 2.40. The van der Waals surface area contributed by atoms with Crippen molar-refractivity contribution in [2.75, 3.05) is 4.90 Å². The van der Waals surface area contributed by atoms with Crippen molar-refractivity contribution in [1.82, 2.24) is 0 Å². The lowest BCUT2D eigenvalue weighted by Gasteiger charge is -2.35. The van der Waals surface area contributed by atoms with Gasteiger partial charge in [0.05, 0.1) is 11.6 Å². The highest BCUT2D eigenvalue weighted by molar-refractivity contribution is 6.16. The molecule has 1 aliphatic heterocycles. The SMILES string of the molecule is CCCCCC(=O)C1=C(O)C(=O)N(c2ccc(C)cc2)C1C1CCCCC1. The van der Waals surface area contributed by atoms with Crippen LogP contribution in [-0.4, -0.2) is 22.8 Å². The van der Waals surface area contributed by atoms with Crippen molar-refractivity contribution in [2.45, 2.75) is 77.7 Å². The first-order valence-electron chi connectivity index (χ1n) is 10.4. The Labute approximate surface area is 162 Å². The molecule has 1 aromatic carbocycles. The Morgan fingerprint density at radius 1 is 1.11 bits per heavy atom. The predicted molar refractivity (Wildman–Crippen MR) is 108 cm³/mol. The molecular weight excluding hydrogens is 338 g/mol. The number of aliphatic hydroxyl groups excluding tert-OH is 1. The van der Waals surface area contributed by atoms with E-state index in [2.05, 4.69) is 6.92 Å². The Balaban J connectivity index is 1.95. The zero-order chi connectivity index (χ0) is 19.4. The van der Waals surface area contributed by atoms with Crippen LogP contribution in [0.15, 0.2) is 35.6 Å². The Kier molecular flexibility index (Phi) is 6.35. The Morgan fingerprint density at radius 2 is 1.78 bits per heavy atom. The predicted octanol–water partition coefficient (Wildman–Crippen LogP) is 5.25. The van der Waals surface area contributed by atoms with Crippen LogP contribution in [0.1, 0.15) is 70.3 Å². The lowest BCUT2D eigenvalue weighted by atomic mass is 9.79. The summed E-state index contributed by atoms with van der Waals surface area (Å²) >= 11 is 0. The second-order valence-corrected chi connectivity index (χ2v) is 8.00. The molecule has 0 aromatic heterocycles. The van der Waals surface area contributed by atoms with Crippen molar-refractivity contribution in [2.24, 2.45) is 5.92 Å². The van der Waals surface area contributed by atoms with Crippen LogP contribution in [-0.2, 0) is 9.59 Å². The lowest BCUT2D eigenvalue weighted by molar-refractivity contribution is -0.118. The van der Waals surface area contributed by atoms with Gasteiger partial charge in [-0.15, -0.1) is 0 Å². The van der Waals surface area contributed by atoms with Crippen LogP contribution in [0.5, 0.6) is 0 Å². The zero-order valence-corrected chi connectivity index (χ0v) is 16.5. The molecule has 1 atom stereocenters. The van der Waals surface area contributed by atoms with Gasteiger partial charge in [0.15, 0.2) is 11.5 Å². The molecule has 1 N–H and O–H groups in total. The van der Waals surface area contributed by atoms with Crippen molar-refractivity contribution >= 4 is 17.4 Å². The molecule has 4 heteroatoms. The molecule has 1 amide bonds. The van der Waals surface area contributed by atoms with E-state index in [-0.39, 0.29) is 23.5 Å². The van der Waals surface area contributed by atoms with E-state index in [1.54, 1.807) is 4.90 Å². The number of aryl methyl sites for hydroxylation is 1. The summed E-state index contributed by atoms with van der Waals surface area (Å²) < 4.78 is 0. The number of carbonyl (C=O) groups is 2. The van der Waals surface area contributed by atoms with Crippen LogP contribution in [0.2, 0.25) is 0 Å². The molecule has 0 saturated heterocycles. The summed E-state index contributed by atoms with van der Waals surface area (Å²) in [6.07, 6.45) is 8.69. The summed E-state index contributed by atoms with van der Waals surface area (Å²) in [5.41, 5.74) is 2.25. The minimum Gasteiger partial charge on any atom is -0.503 e. The van der Waals surface area contributed by atoms with Crippen LogP contribution in [0, 0.1) is 12.8 Å². The van der Waals surface area contributed by atoms with Crippen LogP contribution < -0.4 is 4.90 Å². The fourth-order valence-electron chi connectivity index (χ4n) is 4.47. The third-order valence-electron chi connectivity index (χ3n) is 5.97. The number of Topliss-reactive ketones (excluding diaryl/α,β-unsaturated/α-hetero) is 1. The van der Waals surface area contributed by atoms with Gasteiger partial charge in [-0.3, -0.25) is 14.5 Å². The van der Waals surface area contributed by atoms with Gasteiger partial charge < -0.3 is 5.11 Å². The second kappa shape index (κ2) is 8.73. The maximum Gasteiger partial charge on any atom is 0.294 e. The molecule has 0 spiro atoms. The van der Waals surface area contributed by atoms with Gasteiger partial charge in [-0.25, -0.2) is 0 Å². The van der Waals surface area contributed by atoms with E-state index in [1.807, 2.05) is 31.2 Å². The van der Waals surface area contributed by atoms with Gasteiger partial charge in [0.2, 0.25) is 0 Å². The van der Waals surface area contributed by atoms with E-state index in [0.717, 1.165) is 56.2 Å². The molecule has 27 heavy (non-hydrogen) atoms. The minimum absolute atomic E-state index is 0.0560. The maximum absolute atomic E-state index is 13.0. The highest BCUT2D eigenvalue weighted by Gasteiger charge is 2.46. The Bertz CT molecular complexity index is 714. The molecule has 146 valence electrons. The summed E-state index contributed by atoms with van der Waals surface area (Å²) in [5, 5.41) is 10.6. The number of ketones is 1. The van der Waals surface area contributed by atoms with E-state index in [9.17, 15) is 14.7 Å². The van der Waals surface area contributed by atoms with Crippen LogP contribution >= 0.6 is 0 Å². The monoisotopic (exact) mass is 369 g/mol. The fourth-order valence-corrected chi connectivity index (χ4v) is 4.47. The first-order valence-corrected chi connectivity index (χ1v) is 10.4. The summed E-state index contributed by atoms with van der Waals surface area (Å²) in [7, 11) is 0. The fraction of sp³-hybridized carbons (Fsp3) is 0.565. The number of carbonyl (C=O) groups excluding carboxylic acids is 2. The average Bonchev–Trinajstić information content (AvgIpc) is 2.95. The largest absolute Gasteiger partial charge is 0.503 e. The molecule has 1 aliphatic carbocycles. The minimum atomic E-state index is -0.423. The molecule has 1 fully saturated rings. The third kappa shape index (κ3) is 4.10.